The van der Waals surface area contributed by atoms with Crippen LogP contribution in [-0.2, 0) is 30.9 Å². The van der Waals surface area contributed by atoms with Gasteiger partial charge in [-0.25, -0.2) is 0 Å². The van der Waals surface area contributed by atoms with E-state index in [1.807, 2.05) is 13.8 Å². The van der Waals surface area contributed by atoms with Crippen molar-refractivity contribution in [2.45, 2.75) is 130 Å². The highest BCUT2D eigenvalue weighted by molar-refractivity contribution is 8.20. The largest absolute Gasteiger partial charge is 0.366 e. The van der Waals surface area contributed by atoms with Gasteiger partial charge in [0.25, 0.3) is 0 Å². The Kier molecular flexibility index (Phi) is 16.3. The zero-order valence-corrected chi connectivity index (χ0v) is 22.1. The maximum atomic E-state index is 13.6. The van der Waals surface area contributed by atoms with Gasteiger partial charge in [-0.05, 0) is 38.5 Å². The number of hydrogen-bond acceptors (Lipinski definition) is 5. The number of hydrogen-bond donors (Lipinski definition) is 0. The number of rotatable bonds is 20. The van der Waals surface area contributed by atoms with E-state index in [-0.39, 0.29) is 11.0 Å². The molecule has 0 aliphatic heterocycles. The summed E-state index contributed by atoms with van der Waals surface area (Å²) in [5.74, 6) is 0. The lowest BCUT2D eigenvalue weighted by Crippen LogP contribution is -2.45. The van der Waals surface area contributed by atoms with Crippen molar-refractivity contribution in [3.63, 3.8) is 0 Å². The third-order valence-electron chi connectivity index (χ3n) is 5.91. The molecule has 0 rings (SSSR count). The second-order valence-electron chi connectivity index (χ2n) is 8.21. The first kappa shape index (κ1) is 29.8. The first-order valence-electron chi connectivity index (χ1n) is 12.2. The van der Waals surface area contributed by atoms with Crippen molar-refractivity contribution in [3.05, 3.63) is 0 Å². The topological polar surface area (TPSA) is 52.6 Å². The summed E-state index contributed by atoms with van der Waals surface area (Å²) in [7, 11) is 0. The van der Waals surface area contributed by atoms with Crippen LogP contribution in [0.25, 0.3) is 0 Å². The van der Waals surface area contributed by atoms with E-state index in [9.17, 15) is 9.59 Å². The van der Waals surface area contributed by atoms with Gasteiger partial charge in [0.2, 0.25) is 11.0 Å². The Morgan fingerprint density at radius 1 is 0.667 bits per heavy atom. The maximum Gasteiger partial charge on any atom is 0.222 e. The van der Waals surface area contributed by atoms with E-state index in [4.69, 9.17) is 21.3 Å². The normalized spacial score (nSPS) is 16.0. The number of ether oxygens (including phenoxy) is 2. The zero-order chi connectivity index (χ0) is 23.0. The lowest BCUT2D eigenvalue weighted by Gasteiger charge is -2.35. The quantitative estimate of drug-likeness (QED) is 0.141. The SMILES string of the molecule is CCCCOC(CC)(CCCC)C(=O)[P](=S)C(=O)C(CC)(CCCC)OCCCC. The van der Waals surface area contributed by atoms with Crippen LogP contribution in [-0.4, -0.2) is 35.5 Å². The molecule has 0 aromatic heterocycles. The summed E-state index contributed by atoms with van der Waals surface area (Å²) in [6.07, 6.45) is 9.93. The highest BCUT2D eigenvalue weighted by Crippen LogP contribution is 2.43. The van der Waals surface area contributed by atoms with E-state index in [2.05, 4.69) is 27.7 Å². The second-order valence-corrected chi connectivity index (χ2v) is 10.7. The van der Waals surface area contributed by atoms with Gasteiger partial charge < -0.3 is 9.47 Å². The minimum absolute atomic E-state index is 0.169. The van der Waals surface area contributed by atoms with Gasteiger partial charge in [-0.2, -0.15) is 0 Å². The zero-order valence-electron chi connectivity index (χ0n) is 20.4. The molecule has 30 heavy (non-hydrogen) atoms. The van der Waals surface area contributed by atoms with Crippen LogP contribution in [0.3, 0.4) is 0 Å². The van der Waals surface area contributed by atoms with Crippen LogP contribution in [0.1, 0.15) is 119 Å². The van der Waals surface area contributed by atoms with Crippen LogP contribution in [0, 0.1) is 0 Å². The van der Waals surface area contributed by atoms with Crippen LogP contribution in [0.5, 0.6) is 0 Å². The Bertz CT molecular complexity index is 481. The molecule has 0 spiro atoms. The minimum Gasteiger partial charge on any atom is -0.366 e. The standard InChI is InChI=1S/C24H46O4PS/c1-7-13-17-23(11-5,27-19-15-9-3)21(25)29(30)22(26)24(12-6,18-14-8-2)28-20-16-10-4/h7-20H2,1-6H3. The summed E-state index contributed by atoms with van der Waals surface area (Å²) in [6.45, 7) is 11.5. The average molecular weight is 462 g/mol. The lowest BCUT2D eigenvalue weighted by molar-refractivity contribution is -0.141. The molecule has 1 radical (unpaired) electrons. The van der Waals surface area contributed by atoms with Crippen LogP contribution < -0.4 is 0 Å². The summed E-state index contributed by atoms with van der Waals surface area (Å²) < 4.78 is 12.4. The van der Waals surface area contributed by atoms with E-state index < -0.39 is 17.9 Å². The third kappa shape index (κ3) is 8.73. The monoisotopic (exact) mass is 461 g/mol. The van der Waals surface area contributed by atoms with Crippen molar-refractivity contribution in [1.29, 1.82) is 0 Å². The number of carbonyl (C=O) groups is 2. The Labute approximate surface area is 191 Å². The van der Waals surface area contributed by atoms with Gasteiger partial charge in [0.05, 0.1) is 6.70 Å². The van der Waals surface area contributed by atoms with Gasteiger partial charge in [-0.1, -0.05) is 91.9 Å². The van der Waals surface area contributed by atoms with Crippen LogP contribution in [0.15, 0.2) is 0 Å². The van der Waals surface area contributed by atoms with Crippen molar-refractivity contribution in [2.24, 2.45) is 0 Å². The summed E-state index contributed by atoms with van der Waals surface area (Å²) in [6, 6.07) is 0. The first-order valence-corrected chi connectivity index (χ1v) is 14.5. The predicted molar refractivity (Wildman–Crippen MR) is 131 cm³/mol. The summed E-state index contributed by atoms with van der Waals surface area (Å²) in [5.41, 5.74) is -2.19. The maximum absolute atomic E-state index is 13.6. The molecule has 0 aromatic rings. The molecule has 0 saturated heterocycles. The Morgan fingerprint density at radius 2 is 1.00 bits per heavy atom. The van der Waals surface area contributed by atoms with Crippen molar-refractivity contribution in [3.8, 4) is 0 Å². The highest BCUT2D eigenvalue weighted by Gasteiger charge is 2.46. The van der Waals surface area contributed by atoms with Crippen molar-refractivity contribution in [2.75, 3.05) is 13.2 Å². The van der Waals surface area contributed by atoms with E-state index in [1.54, 1.807) is 0 Å². The van der Waals surface area contributed by atoms with Crippen LogP contribution in [0.4, 0.5) is 0 Å². The van der Waals surface area contributed by atoms with E-state index >= 15 is 0 Å². The molecule has 0 saturated carbocycles. The second kappa shape index (κ2) is 16.4. The minimum atomic E-state index is -1.91. The fourth-order valence-electron chi connectivity index (χ4n) is 3.55. The third-order valence-corrected chi connectivity index (χ3v) is 8.46. The van der Waals surface area contributed by atoms with Gasteiger partial charge in [-0.3, -0.25) is 9.59 Å². The fourth-order valence-corrected chi connectivity index (χ4v) is 6.14. The molecule has 177 valence electrons. The van der Waals surface area contributed by atoms with Crippen LogP contribution in [0.2, 0.25) is 0 Å². The molecule has 0 bridgehead atoms. The van der Waals surface area contributed by atoms with E-state index in [0.29, 0.717) is 38.9 Å². The van der Waals surface area contributed by atoms with E-state index in [1.165, 1.54) is 0 Å². The molecule has 6 heteroatoms. The smallest absolute Gasteiger partial charge is 0.222 e. The summed E-state index contributed by atoms with van der Waals surface area (Å²) in [5, 5.41) is 0. The Balaban J connectivity index is 5.78. The highest BCUT2D eigenvalue weighted by atomic mass is 32.4. The number of carbonyl (C=O) groups excluding carboxylic acids is 2. The molecule has 2 atom stereocenters. The first-order chi connectivity index (χ1) is 14.3. The van der Waals surface area contributed by atoms with Gasteiger partial charge in [0, 0.05) is 13.2 Å². The molecule has 0 N–H and O–H groups in total. The van der Waals surface area contributed by atoms with Crippen LogP contribution >= 0.6 is 6.70 Å². The molecule has 0 aliphatic carbocycles. The molecule has 0 amide bonds. The van der Waals surface area contributed by atoms with Crippen molar-refractivity contribution in [1.82, 2.24) is 0 Å². The van der Waals surface area contributed by atoms with E-state index in [0.717, 1.165) is 51.4 Å². The van der Waals surface area contributed by atoms with Gasteiger partial charge in [0.15, 0.2) is 0 Å². The molecule has 2 unspecified atom stereocenters. The molecule has 0 fully saturated rings. The van der Waals surface area contributed by atoms with Gasteiger partial charge in [-0.15, -0.1) is 0 Å². The number of unbranched alkanes of at least 4 members (excludes halogenated alkanes) is 4. The van der Waals surface area contributed by atoms with Crippen molar-refractivity contribution >= 4 is 29.6 Å². The fraction of sp³-hybridized carbons (Fsp3) is 0.917. The Morgan fingerprint density at radius 3 is 1.27 bits per heavy atom. The lowest BCUT2D eigenvalue weighted by atomic mass is 9.94. The van der Waals surface area contributed by atoms with Crippen molar-refractivity contribution < 1.29 is 19.1 Å². The predicted octanol–water partition coefficient (Wildman–Crippen LogP) is 7.29. The molecule has 4 nitrogen and oxygen atoms in total. The molecular weight excluding hydrogens is 415 g/mol. The molecule has 0 aromatic carbocycles. The average Bonchev–Trinajstić information content (AvgIpc) is 2.77. The summed E-state index contributed by atoms with van der Waals surface area (Å²) >= 11 is 5.68. The van der Waals surface area contributed by atoms with Gasteiger partial charge >= 0.3 is 0 Å². The summed E-state index contributed by atoms with van der Waals surface area (Å²) in [4.78, 5) is 27.3. The Hall–Kier alpha value is -0.220. The molecule has 0 heterocycles. The van der Waals surface area contributed by atoms with Gasteiger partial charge in [0.1, 0.15) is 11.2 Å². The molecule has 0 aliphatic rings. The molecular formula is C24H46O4PS.